The number of carbonyl (C=O) groups is 1. The molecular formula is C24H30N4O4S2. The van der Waals surface area contributed by atoms with E-state index in [2.05, 4.69) is 41.0 Å². The van der Waals surface area contributed by atoms with Crippen LogP contribution in [0, 0.1) is 5.92 Å². The summed E-state index contributed by atoms with van der Waals surface area (Å²) in [5.74, 6) is -0.0678. The van der Waals surface area contributed by atoms with Crippen LogP contribution in [-0.2, 0) is 20.2 Å². The maximum atomic E-state index is 13.0. The first-order valence-corrected chi connectivity index (χ1v) is 13.1. The highest BCUT2D eigenvalue weighted by atomic mass is 32.2. The van der Waals surface area contributed by atoms with Gasteiger partial charge in [-0.1, -0.05) is 58.1 Å². The van der Waals surface area contributed by atoms with E-state index < -0.39 is 22.0 Å². The van der Waals surface area contributed by atoms with Crippen LogP contribution < -0.4 is 14.8 Å². The summed E-state index contributed by atoms with van der Waals surface area (Å²) in [7, 11) is -2.31. The van der Waals surface area contributed by atoms with E-state index in [4.69, 9.17) is 4.74 Å². The van der Waals surface area contributed by atoms with Crippen LogP contribution >= 0.6 is 11.3 Å². The first-order chi connectivity index (χ1) is 15.9. The van der Waals surface area contributed by atoms with Crippen LogP contribution in [0.1, 0.15) is 40.2 Å². The number of hydrogen-bond donors (Lipinski definition) is 2. The third-order valence-electron chi connectivity index (χ3n) is 5.25. The zero-order chi connectivity index (χ0) is 25.1. The minimum atomic E-state index is -3.90. The molecule has 0 aliphatic carbocycles. The highest BCUT2D eigenvalue weighted by Crippen LogP contribution is 2.28. The van der Waals surface area contributed by atoms with Crippen LogP contribution in [0.5, 0.6) is 5.75 Å². The fourth-order valence-electron chi connectivity index (χ4n) is 3.17. The lowest BCUT2D eigenvalue weighted by Crippen LogP contribution is -2.47. The van der Waals surface area contributed by atoms with Gasteiger partial charge in [-0.05, 0) is 53.3 Å². The van der Waals surface area contributed by atoms with Gasteiger partial charge in [0.1, 0.15) is 16.8 Å². The number of anilines is 1. The Balaban J connectivity index is 1.73. The van der Waals surface area contributed by atoms with Gasteiger partial charge in [0, 0.05) is 5.56 Å². The second kappa shape index (κ2) is 10.2. The van der Waals surface area contributed by atoms with Crippen molar-refractivity contribution in [2.24, 2.45) is 5.92 Å². The molecule has 0 saturated heterocycles. The van der Waals surface area contributed by atoms with E-state index in [1.54, 1.807) is 45.2 Å². The molecule has 0 radical (unpaired) electrons. The molecular weight excluding hydrogens is 472 g/mol. The Labute approximate surface area is 204 Å². The lowest BCUT2D eigenvalue weighted by Gasteiger charge is -2.22. The molecule has 2 aromatic carbocycles. The summed E-state index contributed by atoms with van der Waals surface area (Å²) in [6.07, 6.45) is 0. The minimum absolute atomic E-state index is 0.0948. The molecule has 2 N–H and O–H groups in total. The number of sulfonamides is 1. The van der Waals surface area contributed by atoms with Crippen molar-refractivity contribution in [3.8, 4) is 16.3 Å². The predicted octanol–water partition coefficient (Wildman–Crippen LogP) is 4.45. The van der Waals surface area contributed by atoms with Gasteiger partial charge >= 0.3 is 0 Å². The molecule has 1 atom stereocenters. The first-order valence-electron chi connectivity index (χ1n) is 10.8. The van der Waals surface area contributed by atoms with Crippen molar-refractivity contribution in [1.29, 1.82) is 0 Å². The third kappa shape index (κ3) is 6.19. The smallest absolute Gasteiger partial charge is 0.244 e. The van der Waals surface area contributed by atoms with Crippen LogP contribution in [0.2, 0.25) is 0 Å². The number of hydrogen-bond acceptors (Lipinski definition) is 7. The second-order valence-corrected chi connectivity index (χ2v) is 11.9. The molecule has 0 fully saturated rings. The standard InChI is InChI=1S/C24H30N4O4S2/c1-15(2)20(28-34(30,31)19-13-9-17(10-14-19)24(3,4)5)21(29)25-23-27-26-22(33-23)16-7-11-18(32-6)12-8-16/h7-15,20,28H,1-6H3,(H,25,27,29)/t20-/m1/s1. The Morgan fingerprint density at radius 2 is 1.62 bits per heavy atom. The Bertz CT molecular complexity index is 1230. The Morgan fingerprint density at radius 3 is 2.15 bits per heavy atom. The van der Waals surface area contributed by atoms with Crippen LogP contribution in [0.4, 0.5) is 5.13 Å². The Morgan fingerprint density at radius 1 is 1.00 bits per heavy atom. The van der Waals surface area contributed by atoms with Gasteiger partial charge in [-0.25, -0.2) is 8.42 Å². The van der Waals surface area contributed by atoms with Crippen molar-refractivity contribution >= 4 is 32.4 Å². The molecule has 1 amide bonds. The van der Waals surface area contributed by atoms with Crippen molar-refractivity contribution in [2.75, 3.05) is 12.4 Å². The average Bonchev–Trinajstić information content (AvgIpc) is 3.25. The van der Waals surface area contributed by atoms with Gasteiger partial charge in [0.25, 0.3) is 0 Å². The van der Waals surface area contributed by atoms with Crippen LogP contribution in [-0.4, -0.2) is 37.7 Å². The number of carbonyl (C=O) groups excluding carboxylic acids is 1. The fraction of sp³-hybridized carbons (Fsp3) is 0.375. The topological polar surface area (TPSA) is 110 Å². The number of nitrogens with one attached hydrogen (secondary N) is 2. The number of amides is 1. The molecule has 0 bridgehead atoms. The minimum Gasteiger partial charge on any atom is -0.497 e. The molecule has 8 nitrogen and oxygen atoms in total. The molecule has 0 aliphatic rings. The monoisotopic (exact) mass is 502 g/mol. The van der Waals surface area contributed by atoms with Crippen molar-refractivity contribution in [3.63, 3.8) is 0 Å². The molecule has 0 saturated carbocycles. The molecule has 3 rings (SSSR count). The molecule has 182 valence electrons. The average molecular weight is 503 g/mol. The summed E-state index contributed by atoms with van der Waals surface area (Å²) in [6.45, 7) is 9.72. The van der Waals surface area contributed by atoms with Gasteiger partial charge in [-0.2, -0.15) is 4.72 Å². The molecule has 10 heteroatoms. The zero-order valence-electron chi connectivity index (χ0n) is 20.1. The summed E-state index contributed by atoms with van der Waals surface area (Å²) in [5.41, 5.74) is 1.76. The van der Waals surface area contributed by atoms with E-state index in [0.717, 1.165) is 16.9 Å². The van der Waals surface area contributed by atoms with Crippen molar-refractivity contribution in [1.82, 2.24) is 14.9 Å². The van der Waals surface area contributed by atoms with E-state index in [-0.39, 0.29) is 21.4 Å². The van der Waals surface area contributed by atoms with Gasteiger partial charge in [0.15, 0.2) is 0 Å². The van der Waals surface area contributed by atoms with Gasteiger partial charge in [0.05, 0.1) is 12.0 Å². The first kappa shape index (κ1) is 25.8. The molecule has 3 aromatic rings. The van der Waals surface area contributed by atoms with Gasteiger partial charge in [-0.3, -0.25) is 10.1 Å². The van der Waals surface area contributed by atoms with Crippen molar-refractivity contribution in [2.45, 2.75) is 51.0 Å². The number of ether oxygens (including phenoxy) is 1. The quantitative estimate of drug-likeness (QED) is 0.471. The SMILES string of the molecule is COc1ccc(-c2nnc(NC(=O)[C@H](NS(=O)(=O)c3ccc(C(C)(C)C)cc3)C(C)C)s2)cc1. The van der Waals surface area contributed by atoms with Gasteiger partial charge < -0.3 is 4.74 Å². The molecule has 0 spiro atoms. The van der Waals surface area contributed by atoms with Crippen LogP contribution in [0.25, 0.3) is 10.6 Å². The van der Waals surface area contributed by atoms with Gasteiger partial charge in [-0.15, -0.1) is 10.2 Å². The lowest BCUT2D eigenvalue weighted by molar-refractivity contribution is -0.118. The van der Waals surface area contributed by atoms with Crippen molar-refractivity contribution in [3.05, 3.63) is 54.1 Å². The molecule has 34 heavy (non-hydrogen) atoms. The summed E-state index contributed by atoms with van der Waals surface area (Å²) in [6, 6.07) is 13.0. The van der Waals surface area contributed by atoms with E-state index in [1.807, 2.05) is 24.3 Å². The molecule has 0 unspecified atom stereocenters. The van der Waals surface area contributed by atoms with Gasteiger partial charge in [0.2, 0.25) is 21.1 Å². The number of aromatic nitrogens is 2. The number of rotatable bonds is 8. The molecule has 1 heterocycles. The second-order valence-electron chi connectivity index (χ2n) is 9.25. The van der Waals surface area contributed by atoms with E-state index in [0.29, 0.717) is 5.01 Å². The summed E-state index contributed by atoms with van der Waals surface area (Å²) >= 11 is 1.20. The fourth-order valence-corrected chi connectivity index (χ4v) is 5.26. The maximum absolute atomic E-state index is 13.0. The zero-order valence-corrected chi connectivity index (χ0v) is 21.8. The normalized spacial score (nSPS) is 13.0. The van der Waals surface area contributed by atoms with E-state index in [1.165, 1.54) is 11.3 Å². The summed E-state index contributed by atoms with van der Waals surface area (Å²) in [5, 5.41) is 11.8. The summed E-state index contributed by atoms with van der Waals surface area (Å²) in [4.78, 5) is 13.1. The van der Waals surface area contributed by atoms with E-state index in [9.17, 15) is 13.2 Å². The van der Waals surface area contributed by atoms with E-state index >= 15 is 0 Å². The highest BCUT2D eigenvalue weighted by Gasteiger charge is 2.29. The Hall–Kier alpha value is -2.82. The molecule has 0 aliphatic heterocycles. The predicted molar refractivity (Wildman–Crippen MR) is 135 cm³/mol. The number of nitrogens with zero attached hydrogens (tertiary/aromatic N) is 2. The van der Waals surface area contributed by atoms with Crippen molar-refractivity contribution < 1.29 is 17.9 Å². The number of benzene rings is 2. The lowest BCUT2D eigenvalue weighted by atomic mass is 9.87. The van der Waals surface area contributed by atoms with Crippen LogP contribution in [0.3, 0.4) is 0 Å². The largest absolute Gasteiger partial charge is 0.497 e. The maximum Gasteiger partial charge on any atom is 0.244 e. The number of methoxy groups -OCH3 is 1. The highest BCUT2D eigenvalue weighted by molar-refractivity contribution is 7.89. The summed E-state index contributed by atoms with van der Waals surface area (Å²) < 4.78 is 33.7. The van der Waals surface area contributed by atoms with Crippen LogP contribution in [0.15, 0.2) is 53.4 Å². The molecule has 1 aromatic heterocycles. The Kier molecular flexibility index (Phi) is 7.74. The third-order valence-corrected chi connectivity index (χ3v) is 7.60.